The fraction of sp³-hybridized carbons (Fsp3) is 0.500. The third kappa shape index (κ3) is 3.64. The Hall–Kier alpha value is -1.06. The molecule has 1 aromatic rings. The van der Waals surface area contributed by atoms with E-state index in [2.05, 4.69) is 5.32 Å². The largest absolute Gasteiger partial charge is 0.408 e. The number of piperazine rings is 1. The van der Waals surface area contributed by atoms with Gasteiger partial charge in [0.15, 0.2) is 23.3 Å². The van der Waals surface area contributed by atoms with E-state index in [9.17, 15) is 30.7 Å². The van der Waals surface area contributed by atoms with Crippen molar-refractivity contribution in [1.82, 2.24) is 10.2 Å². The van der Waals surface area contributed by atoms with Gasteiger partial charge in [0.05, 0.1) is 5.56 Å². The van der Waals surface area contributed by atoms with Crippen molar-refractivity contribution >= 4 is 12.4 Å². The fourth-order valence-corrected chi connectivity index (χ4v) is 2.33. The van der Waals surface area contributed by atoms with Crippen LogP contribution < -0.4 is 5.32 Å². The maximum absolute atomic E-state index is 13.7. The van der Waals surface area contributed by atoms with Gasteiger partial charge < -0.3 is 5.32 Å². The van der Waals surface area contributed by atoms with E-state index in [1.54, 1.807) is 0 Å². The second-order valence-electron chi connectivity index (χ2n) is 4.61. The Morgan fingerprint density at radius 2 is 1.41 bits per heavy atom. The standard InChI is InChI=1S/C12H11F7N2.ClH/c13-6-5-7(14)10(16)8(9(6)15)11(12(17,18)19)21-3-1-20-2-4-21;/h5,11,20H,1-4H2;1H/t11-;/m0./s1. The molecule has 0 aromatic heterocycles. The van der Waals surface area contributed by atoms with E-state index in [1.807, 2.05) is 0 Å². The highest BCUT2D eigenvalue weighted by atomic mass is 35.5. The molecule has 1 aliphatic rings. The average Bonchev–Trinajstić information content (AvgIpc) is 2.41. The number of hydrogen-bond acceptors (Lipinski definition) is 2. The second kappa shape index (κ2) is 7.01. The zero-order valence-corrected chi connectivity index (χ0v) is 11.8. The SMILES string of the molecule is Cl.Fc1cc(F)c(F)c([C@H](N2CCNCC2)C(F)(F)F)c1F. The Morgan fingerprint density at radius 1 is 0.955 bits per heavy atom. The quantitative estimate of drug-likeness (QED) is 0.650. The molecule has 1 fully saturated rings. The number of alkyl halides is 3. The third-order valence-corrected chi connectivity index (χ3v) is 3.25. The van der Waals surface area contributed by atoms with Crippen molar-refractivity contribution in [2.75, 3.05) is 26.2 Å². The second-order valence-corrected chi connectivity index (χ2v) is 4.61. The van der Waals surface area contributed by atoms with Crippen molar-refractivity contribution in [3.8, 4) is 0 Å². The van der Waals surface area contributed by atoms with Gasteiger partial charge in [0.1, 0.15) is 6.04 Å². The van der Waals surface area contributed by atoms with Gasteiger partial charge in [-0.15, -0.1) is 12.4 Å². The monoisotopic (exact) mass is 352 g/mol. The van der Waals surface area contributed by atoms with Crippen LogP contribution in [-0.2, 0) is 0 Å². The first-order valence-electron chi connectivity index (χ1n) is 6.08. The van der Waals surface area contributed by atoms with Gasteiger partial charge in [-0.1, -0.05) is 0 Å². The topological polar surface area (TPSA) is 15.3 Å². The van der Waals surface area contributed by atoms with Crippen molar-refractivity contribution in [2.45, 2.75) is 12.2 Å². The lowest BCUT2D eigenvalue weighted by Gasteiger charge is -2.36. The zero-order valence-electron chi connectivity index (χ0n) is 11.0. The van der Waals surface area contributed by atoms with Gasteiger partial charge in [-0.3, -0.25) is 4.90 Å². The van der Waals surface area contributed by atoms with Crippen LogP contribution in [0.3, 0.4) is 0 Å². The zero-order chi connectivity index (χ0) is 15.8. The van der Waals surface area contributed by atoms with Crippen molar-refractivity contribution in [1.29, 1.82) is 0 Å². The first-order valence-corrected chi connectivity index (χ1v) is 6.08. The predicted octanol–water partition coefficient (Wildman–Crippen LogP) is 3.17. The summed E-state index contributed by atoms with van der Waals surface area (Å²) in [6.07, 6.45) is -5.07. The molecule has 0 saturated carbocycles. The lowest BCUT2D eigenvalue weighted by Crippen LogP contribution is -2.49. The molecule has 126 valence electrons. The molecule has 1 saturated heterocycles. The minimum absolute atomic E-state index is 0. The van der Waals surface area contributed by atoms with E-state index in [4.69, 9.17) is 0 Å². The normalized spacial score (nSPS) is 18.0. The van der Waals surface area contributed by atoms with Gasteiger partial charge in [0, 0.05) is 32.2 Å². The summed E-state index contributed by atoms with van der Waals surface area (Å²) in [5.41, 5.74) is -1.64. The van der Waals surface area contributed by atoms with E-state index in [0.717, 1.165) is 4.90 Å². The van der Waals surface area contributed by atoms with E-state index in [0.29, 0.717) is 0 Å². The Kier molecular flexibility index (Phi) is 6.05. The molecule has 2 nitrogen and oxygen atoms in total. The molecule has 0 aliphatic carbocycles. The predicted molar refractivity (Wildman–Crippen MR) is 66.8 cm³/mol. The third-order valence-electron chi connectivity index (χ3n) is 3.25. The lowest BCUT2D eigenvalue weighted by atomic mass is 10.0. The molecule has 1 aliphatic heterocycles. The van der Waals surface area contributed by atoms with E-state index in [-0.39, 0.29) is 44.7 Å². The van der Waals surface area contributed by atoms with Crippen LogP contribution in [0.5, 0.6) is 0 Å². The first-order chi connectivity index (χ1) is 9.73. The Balaban J connectivity index is 0.00000242. The van der Waals surface area contributed by atoms with Gasteiger partial charge in [-0.25, -0.2) is 17.6 Å². The lowest BCUT2D eigenvalue weighted by molar-refractivity contribution is -0.189. The molecule has 2 rings (SSSR count). The van der Waals surface area contributed by atoms with Gasteiger partial charge in [-0.2, -0.15) is 13.2 Å². The van der Waals surface area contributed by atoms with Gasteiger partial charge in [0.2, 0.25) is 0 Å². The first kappa shape index (κ1) is 19.0. The maximum atomic E-state index is 13.7. The van der Waals surface area contributed by atoms with Crippen LogP contribution in [-0.4, -0.2) is 37.3 Å². The molecule has 0 spiro atoms. The summed E-state index contributed by atoms with van der Waals surface area (Å²) in [7, 11) is 0. The van der Waals surface area contributed by atoms with Crippen molar-refractivity contribution in [3.05, 3.63) is 34.9 Å². The molecule has 22 heavy (non-hydrogen) atoms. The van der Waals surface area contributed by atoms with Crippen molar-refractivity contribution in [2.24, 2.45) is 0 Å². The minimum atomic E-state index is -5.07. The highest BCUT2D eigenvalue weighted by Gasteiger charge is 2.48. The number of rotatable bonds is 2. The molecule has 1 aromatic carbocycles. The highest BCUT2D eigenvalue weighted by Crippen LogP contribution is 2.41. The van der Waals surface area contributed by atoms with Crippen LogP contribution in [0.1, 0.15) is 11.6 Å². The van der Waals surface area contributed by atoms with Crippen LogP contribution in [0.25, 0.3) is 0 Å². The number of benzene rings is 1. The van der Waals surface area contributed by atoms with Crippen LogP contribution in [0, 0.1) is 23.3 Å². The van der Waals surface area contributed by atoms with Gasteiger partial charge >= 0.3 is 6.18 Å². The molecule has 10 heteroatoms. The van der Waals surface area contributed by atoms with Crippen molar-refractivity contribution in [3.63, 3.8) is 0 Å². The molecule has 0 unspecified atom stereocenters. The fourth-order valence-electron chi connectivity index (χ4n) is 2.33. The Bertz CT molecular complexity index is 503. The number of nitrogens with zero attached hydrogens (tertiary/aromatic N) is 1. The summed E-state index contributed by atoms with van der Waals surface area (Å²) in [4.78, 5) is 0.747. The number of nitrogens with one attached hydrogen (secondary N) is 1. The van der Waals surface area contributed by atoms with Gasteiger partial charge in [0.25, 0.3) is 0 Å². The van der Waals surface area contributed by atoms with Gasteiger partial charge in [-0.05, 0) is 0 Å². The van der Waals surface area contributed by atoms with E-state index < -0.39 is 41.1 Å². The van der Waals surface area contributed by atoms with Crippen LogP contribution in [0.2, 0.25) is 0 Å². The molecule has 1 N–H and O–H groups in total. The summed E-state index contributed by atoms with van der Waals surface area (Å²) in [5.74, 6) is -7.74. The smallest absolute Gasteiger partial charge is 0.314 e. The summed E-state index contributed by atoms with van der Waals surface area (Å²) >= 11 is 0. The van der Waals surface area contributed by atoms with Crippen LogP contribution in [0.15, 0.2) is 6.07 Å². The minimum Gasteiger partial charge on any atom is -0.314 e. The molecule has 0 amide bonds. The number of hydrogen-bond donors (Lipinski definition) is 1. The number of halogens is 8. The molecular weight excluding hydrogens is 341 g/mol. The molecule has 1 atom stereocenters. The molecule has 1 heterocycles. The van der Waals surface area contributed by atoms with Crippen LogP contribution >= 0.6 is 12.4 Å². The molecule has 0 bridgehead atoms. The summed E-state index contributed by atoms with van der Waals surface area (Å²) in [5, 5.41) is 2.78. The molecule has 0 radical (unpaired) electrons. The summed E-state index contributed by atoms with van der Waals surface area (Å²) in [6.45, 7) is 0.0452. The molecular formula is C12H12ClF7N2. The summed E-state index contributed by atoms with van der Waals surface area (Å²) < 4.78 is 93.1. The Morgan fingerprint density at radius 3 is 1.82 bits per heavy atom. The Labute approximate surface area is 127 Å². The van der Waals surface area contributed by atoms with Crippen LogP contribution in [0.4, 0.5) is 30.7 Å². The van der Waals surface area contributed by atoms with Crippen molar-refractivity contribution < 1.29 is 30.7 Å². The van der Waals surface area contributed by atoms with E-state index >= 15 is 0 Å². The highest BCUT2D eigenvalue weighted by molar-refractivity contribution is 5.85. The summed E-state index contributed by atoms with van der Waals surface area (Å²) in [6, 6.07) is -2.84. The maximum Gasteiger partial charge on any atom is 0.408 e. The average molecular weight is 353 g/mol. The van der Waals surface area contributed by atoms with E-state index in [1.165, 1.54) is 0 Å².